The van der Waals surface area contributed by atoms with Crippen LogP contribution in [0.1, 0.15) is 5.56 Å². The van der Waals surface area contributed by atoms with Crippen LogP contribution in [-0.2, 0) is 15.9 Å². The standard InChI is InChI=1S/C8H12N3O3P/c9-15(10,13)11-8(12)14-6-7-4-2-1-3-5-7/h1-5H,6H2,(H5,9,10,11,12,13). The molecule has 6 nitrogen and oxygen atoms in total. The number of nitrogens with one attached hydrogen (secondary N) is 1. The minimum atomic E-state index is -3.57. The first kappa shape index (κ1) is 11.7. The fourth-order valence-electron chi connectivity index (χ4n) is 0.898. The van der Waals surface area contributed by atoms with Crippen molar-refractivity contribution in [2.24, 2.45) is 11.0 Å². The van der Waals surface area contributed by atoms with Crippen molar-refractivity contribution in [2.45, 2.75) is 6.61 Å². The number of carbonyl (C=O) groups is 1. The van der Waals surface area contributed by atoms with E-state index in [4.69, 9.17) is 15.7 Å². The van der Waals surface area contributed by atoms with E-state index in [1.807, 2.05) is 23.3 Å². The molecule has 0 aliphatic rings. The lowest BCUT2D eigenvalue weighted by Gasteiger charge is -2.09. The summed E-state index contributed by atoms with van der Waals surface area (Å²) in [4.78, 5) is 11.0. The van der Waals surface area contributed by atoms with Crippen LogP contribution in [0.2, 0.25) is 0 Å². The van der Waals surface area contributed by atoms with Gasteiger partial charge in [-0.15, -0.1) is 0 Å². The quantitative estimate of drug-likeness (QED) is 0.668. The smallest absolute Gasteiger partial charge is 0.414 e. The molecule has 0 radical (unpaired) electrons. The first-order valence-electron chi connectivity index (χ1n) is 4.13. The number of ether oxygens (including phenoxy) is 1. The van der Waals surface area contributed by atoms with Crippen LogP contribution < -0.4 is 16.1 Å². The molecular weight excluding hydrogens is 217 g/mol. The molecule has 0 aromatic heterocycles. The van der Waals surface area contributed by atoms with Gasteiger partial charge in [-0.3, -0.25) is 15.6 Å². The van der Waals surface area contributed by atoms with Crippen LogP contribution in [-0.4, -0.2) is 6.09 Å². The maximum atomic E-state index is 11.0. The van der Waals surface area contributed by atoms with Crippen LogP contribution in [0, 0.1) is 0 Å². The molecule has 1 rings (SSSR count). The van der Waals surface area contributed by atoms with Gasteiger partial charge in [-0.25, -0.2) is 9.88 Å². The van der Waals surface area contributed by atoms with E-state index in [1.165, 1.54) is 0 Å². The van der Waals surface area contributed by atoms with Gasteiger partial charge >= 0.3 is 13.7 Å². The Labute approximate surface area is 87.1 Å². The number of hydrogen-bond acceptors (Lipinski definition) is 3. The fourth-order valence-corrected chi connectivity index (χ4v) is 1.25. The van der Waals surface area contributed by atoms with Crippen LogP contribution >= 0.6 is 7.59 Å². The van der Waals surface area contributed by atoms with Gasteiger partial charge in [0.05, 0.1) is 0 Å². The van der Waals surface area contributed by atoms with Gasteiger partial charge in [0.1, 0.15) is 6.61 Å². The van der Waals surface area contributed by atoms with Gasteiger partial charge in [-0.2, -0.15) is 0 Å². The van der Waals surface area contributed by atoms with Crippen molar-refractivity contribution < 1.29 is 14.1 Å². The van der Waals surface area contributed by atoms with E-state index >= 15 is 0 Å². The highest BCUT2D eigenvalue weighted by Gasteiger charge is 2.13. The van der Waals surface area contributed by atoms with Crippen molar-refractivity contribution in [3.63, 3.8) is 0 Å². The first-order chi connectivity index (χ1) is 6.97. The number of benzene rings is 1. The molecule has 0 fully saturated rings. The van der Waals surface area contributed by atoms with Crippen molar-refractivity contribution in [3.8, 4) is 0 Å². The lowest BCUT2D eigenvalue weighted by atomic mass is 10.2. The summed E-state index contributed by atoms with van der Waals surface area (Å²) in [5.74, 6) is 0. The summed E-state index contributed by atoms with van der Waals surface area (Å²) < 4.78 is 15.5. The third kappa shape index (κ3) is 5.17. The summed E-state index contributed by atoms with van der Waals surface area (Å²) in [6.07, 6.45) is -0.896. The Hall–Kier alpha value is -1.36. The van der Waals surface area contributed by atoms with Gasteiger partial charge < -0.3 is 4.74 Å². The molecule has 0 unspecified atom stereocenters. The minimum absolute atomic E-state index is 0.0761. The SMILES string of the molecule is NP(N)(=O)NC(=O)OCc1ccccc1. The Morgan fingerprint density at radius 1 is 1.33 bits per heavy atom. The highest BCUT2D eigenvalue weighted by Crippen LogP contribution is 2.17. The largest absolute Gasteiger partial charge is 0.444 e. The summed E-state index contributed by atoms with van der Waals surface area (Å²) in [6, 6.07) is 9.05. The maximum absolute atomic E-state index is 11.0. The fraction of sp³-hybridized carbons (Fsp3) is 0.125. The van der Waals surface area contributed by atoms with E-state index in [9.17, 15) is 9.36 Å². The van der Waals surface area contributed by atoms with Gasteiger partial charge in [0.25, 0.3) is 0 Å². The summed E-state index contributed by atoms with van der Waals surface area (Å²) in [5.41, 5.74) is 10.7. The van der Waals surface area contributed by atoms with Crippen molar-refractivity contribution >= 4 is 13.7 Å². The average molecular weight is 229 g/mol. The Morgan fingerprint density at radius 2 is 1.93 bits per heavy atom. The molecule has 7 heteroatoms. The highest BCUT2D eigenvalue weighted by atomic mass is 31.2. The van der Waals surface area contributed by atoms with Crippen LogP contribution in [0.4, 0.5) is 4.79 Å². The summed E-state index contributed by atoms with van der Waals surface area (Å²) in [6.45, 7) is 0.0761. The molecule has 1 amide bonds. The van der Waals surface area contributed by atoms with Crippen molar-refractivity contribution in [2.75, 3.05) is 0 Å². The molecule has 0 saturated heterocycles. The first-order valence-corrected chi connectivity index (χ1v) is 5.98. The molecule has 0 saturated carbocycles. The summed E-state index contributed by atoms with van der Waals surface area (Å²) in [5, 5.41) is 1.84. The van der Waals surface area contributed by atoms with Crippen LogP contribution in [0.3, 0.4) is 0 Å². The lowest BCUT2D eigenvalue weighted by molar-refractivity contribution is 0.146. The van der Waals surface area contributed by atoms with Crippen LogP contribution in [0.15, 0.2) is 30.3 Å². The highest BCUT2D eigenvalue weighted by molar-refractivity contribution is 7.57. The third-order valence-corrected chi connectivity index (χ3v) is 2.01. The van der Waals surface area contributed by atoms with E-state index in [0.717, 1.165) is 5.56 Å². The Kier molecular flexibility index (Phi) is 3.85. The minimum Gasteiger partial charge on any atom is -0.444 e. The molecule has 0 aliphatic carbocycles. The monoisotopic (exact) mass is 229 g/mol. The molecular formula is C8H12N3O3P. The predicted molar refractivity (Wildman–Crippen MR) is 55.7 cm³/mol. The number of nitrogens with two attached hydrogens (primary N) is 2. The second kappa shape index (κ2) is 4.93. The molecule has 15 heavy (non-hydrogen) atoms. The van der Waals surface area contributed by atoms with Gasteiger partial charge in [-0.05, 0) is 5.56 Å². The predicted octanol–water partition coefficient (Wildman–Crippen LogP) is 0.938. The van der Waals surface area contributed by atoms with Crippen molar-refractivity contribution in [3.05, 3.63) is 35.9 Å². The molecule has 1 aromatic rings. The number of rotatable bonds is 3. The summed E-state index contributed by atoms with van der Waals surface area (Å²) >= 11 is 0. The Balaban J connectivity index is 2.39. The zero-order chi connectivity index (χ0) is 11.3. The maximum Gasteiger partial charge on any atom is 0.414 e. The van der Waals surface area contributed by atoms with E-state index < -0.39 is 13.7 Å². The van der Waals surface area contributed by atoms with Gasteiger partial charge in [-0.1, -0.05) is 30.3 Å². The van der Waals surface area contributed by atoms with Gasteiger partial charge in [0, 0.05) is 0 Å². The van der Waals surface area contributed by atoms with Gasteiger partial charge in [0.15, 0.2) is 0 Å². The van der Waals surface area contributed by atoms with Crippen molar-refractivity contribution in [1.82, 2.24) is 5.09 Å². The zero-order valence-electron chi connectivity index (χ0n) is 7.92. The van der Waals surface area contributed by atoms with Crippen molar-refractivity contribution in [1.29, 1.82) is 0 Å². The molecule has 0 atom stereocenters. The molecule has 5 N–H and O–H groups in total. The van der Waals surface area contributed by atoms with E-state index in [0.29, 0.717) is 0 Å². The zero-order valence-corrected chi connectivity index (χ0v) is 8.81. The molecule has 0 spiro atoms. The second-order valence-corrected chi connectivity index (χ2v) is 4.53. The average Bonchev–Trinajstić information content (AvgIpc) is 2.14. The van der Waals surface area contributed by atoms with Crippen LogP contribution in [0.5, 0.6) is 0 Å². The normalized spacial score (nSPS) is 10.8. The Bertz CT molecular complexity index is 376. The number of amides is 1. The molecule has 1 aromatic carbocycles. The van der Waals surface area contributed by atoms with E-state index in [-0.39, 0.29) is 6.61 Å². The van der Waals surface area contributed by atoms with E-state index in [1.54, 1.807) is 12.1 Å². The van der Waals surface area contributed by atoms with E-state index in [2.05, 4.69) is 0 Å². The molecule has 82 valence electrons. The second-order valence-electron chi connectivity index (χ2n) is 2.88. The van der Waals surface area contributed by atoms with Crippen LogP contribution in [0.25, 0.3) is 0 Å². The number of carbonyl (C=O) groups excluding carboxylic acids is 1. The third-order valence-electron chi connectivity index (χ3n) is 1.48. The van der Waals surface area contributed by atoms with Gasteiger partial charge in [0.2, 0.25) is 0 Å². The molecule has 0 bridgehead atoms. The summed E-state index contributed by atoms with van der Waals surface area (Å²) in [7, 11) is -3.57. The topological polar surface area (TPSA) is 107 Å². The Morgan fingerprint density at radius 3 is 2.47 bits per heavy atom. The lowest BCUT2D eigenvalue weighted by Crippen LogP contribution is -2.28. The number of hydrogen-bond donors (Lipinski definition) is 3. The molecule has 0 heterocycles. The molecule has 0 aliphatic heterocycles.